The lowest BCUT2D eigenvalue weighted by atomic mass is 9.48. The maximum atomic E-state index is 12.5. The molecule has 0 aromatic heterocycles. The van der Waals surface area contributed by atoms with E-state index in [1.807, 2.05) is 0 Å². The van der Waals surface area contributed by atoms with Crippen LogP contribution in [-0.2, 0) is 9.53 Å². The molecule has 5 nitrogen and oxygen atoms in total. The molecule has 5 heteroatoms. The smallest absolute Gasteiger partial charge is 0.411 e. The number of hydrogen-bond donors (Lipinski definition) is 1. The number of rotatable bonds is 3. The summed E-state index contributed by atoms with van der Waals surface area (Å²) in [5.41, 5.74) is -0.651. The molecule has 0 spiro atoms. The molecule has 0 radical (unpaired) electrons. The molecule has 1 aliphatic carbocycles. The number of carbonyl (C=O) groups excluding carboxylic acids is 1. The molecule has 0 unspecified atom stereocenters. The summed E-state index contributed by atoms with van der Waals surface area (Å²) < 4.78 is 5.44. The quantitative estimate of drug-likeness (QED) is 0.854. The number of carboxylic acid groups (broad SMARTS) is 1. The van der Waals surface area contributed by atoms with Crippen LogP contribution in [0, 0.1) is 16.7 Å². The van der Waals surface area contributed by atoms with Crippen LogP contribution in [0.1, 0.15) is 67.2 Å². The van der Waals surface area contributed by atoms with Crippen LogP contribution < -0.4 is 0 Å². The standard InChI is InChI=1S/C18H31NO4/c1-12(2)18(8-7-9-18)17(6)10-13(14(20)21)19(11-17)15(22)23-16(3,4)5/h12-13H,7-11H2,1-6H3,(H,20,21)/t13-,17+/m0/s1. The Bertz CT molecular complexity index is 490. The fourth-order valence-corrected chi connectivity index (χ4v) is 4.62. The van der Waals surface area contributed by atoms with Crippen molar-refractivity contribution >= 4 is 12.1 Å². The van der Waals surface area contributed by atoms with Gasteiger partial charge in [-0.3, -0.25) is 4.90 Å². The minimum Gasteiger partial charge on any atom is -0.480 e. The third-order valence-electron chi connectivity index (χ3n) is 6.01. The third kappa shape index (κ3) is 3.07. The van der Waals surface area contributed by atoms with Gasteiger partial charge in [-0.2, -0.15) is 0 Å². The van der Waals surface area contributed by atoms with Crippen LogP contribution in [0.25, 0.3) is 0 Å². The van der Waals surface area contributed by atoms with Crippen molar-refractivity contribution < 1.29 is 19.4 Å². The zero-order valence-electron chi connectivity index (χ0n) is 15.3. The molecule has 132 valence electrons. The van der Waals surface area contributed by atoms with Gasteiger partial charge in [-0.05, 0) is 56.8 Å². The lowest BCUT2D eigenvalue weighted by molar-refractivity contribution is -0.142. The van der Waals surface area contributed by atoms with E-state index < -0.39 is 23.7 Å². The van der Waals surface area contributed by atoms with E-state index >= 15 is 0 Å². The number of carbonyl (C=O) groups is 2. The molecule has 2 fully saturated rings. The van der Waals surface area contributed by atoms with E-state index in [1.165, 1.54) is 11.3 Å². The van der Waals surface area contributed by atoms with E-state index in [0.29, 0.717) is 18.9 Å². The second-order valence-corrected chi connectivity index (χ2v) is 8.89. The van der Waals surface area contributed by atoms with Gasteiger partial charge in [-0.25, -0.2) is 9.59 Å². The van der Waals surface area contributed by atoms with Crippen molar-refractivity contribution in [1.29, 1.82) is 0 Å². The Balaban J connectivity index is 2.27. The molecular weight excluding hydrogens is 294 g/mol. The van der Waals surface area contributed by atoms with Gasteiger partial charge in [0.05, 0.1) is 0 Å². The van der Waals surface area contributed by atoms with Crippen LogP contribution in [0.3, 0.4) is 0 Å². The Morgan fingerprint density at radius 2 is 1.83 bits per heavy atom. The summed E-state index contributed by atoms with van der Waals surface area (Å²) in [6, 6.07) is -0.786. The van der Waals surface area contributed by atoms with E-state index in [9.17, 15) is 14.7 Å². The predicted molar refractivity (Wildman–Crippen MR) is 88.2 cm³/mol. The first-order chi connectivity index (χ1) is 10.4. The summed E-state index contributed by atoms with van der Waals surface area (Å²) in [4.78, 5) is 25.7. The number of ether oxygens (including phenoxy) is 1. The highest BCUT2D eigenvalue weighted by molar-refractivity contribution is 5.81. The minimum absolute atomic E-state index is 0.136. The van der Waals surface area contributed by atoms with E-state index in [0.717, 1.165) is 12.8 Å². The molecule has 0 aromatic carbocycles. The normalized spacial score (nSPS) is 30.2. The number of amides is 1. The van der Waals surface area contributed by atoms with E-state index in [-0.39, 0.29) is 10.8 Å². The molecule has 1 saturated carbocycles. The molecule has 1 aliphatic heterocycles. The lowest BCUT2D eigenvalue weighted by Crippen LogP contribution is -2.50. The maximum absolute atomic E-state index is 12.5. The molecule has 2 atom stereocenters. The molecule has 0 bridgehead atoms. The van der Waals surface area contributed by atoms with Crippen molar-refractivity contribution in [3.05, 3.63) is 0 Å². The fourth-order valence-electron chi connectivity index (χ4n) is 4.62. The molecule has 1 amide bonds. The van der Waals surface area contributed by atoms with Crippen molar-refractivity contribution in [3.63, 3.8) is 0 Å². The van der Waals surface area contributed by atoms with Gasteiger partial charge in [0, 0.05) is 6.54 Å². The Morgan fingerprint density at radius 1 is 1.26 bits per heavy atom. The average Bonchev–Trinajstić information content (AvgIpc) is 2.64. The average molecular weight is 325 g/mol. The molecule has 23 heavy (non-hydrogen) atoms. The van der Waals surface area contributed by atoms with Crippen LogP contribution >= 0.6 is 0 Å². The SMILES string of the molecule is CC(C)C1([C@]2(C)C[C@@H](C(=O)O)N(C(=O)OC(C)(C)C)C2)CCC1. The Morgan fingerprint density at radius 3 is 2.17 bits per heavy atom. The Hall–Kier alpha value is -1.26. The van der Waals surface area contributed by atoms with Gasteiger partial charge >= 0.3 is 12.1 Å². The van der Waals surface area contributed by atoms with Gasteiger partial charge in [0.15, 0.2) is 0 Å². The topological polar surface area (TPSA) is 66.8 Å². The number of carboxylic acids is 1. The molecule has 1 saturated heterocycles. The van der Waals surface area contributed by atoms with Crippen molar-refractivity contribution in [2.75, 3.05) is 6.54 Å². The maximum Gasteiger partial charge on any atom is 0.411 e. The summed E-state index contributed by atoms with van der Waals surface area (Å²) in [7, 11) is 0. The highest BCUT2D eigenvalue weighted by atomic mass is 16.6. The third-order valence-corrected chi connectivity index (χ3v) is 6.01. The van der Waals surface area contributed by atoms with Gasteiger partial charge in [-0.15, -0.1) is 0 Å². The highest BCUT2D eigenvalue weighted by Gasteiger charge is 2.60. The first-order valence-electron chi connectivity index (χ1n) is 8.64. The second-order valence-electron chi connectivity index (χ2n) is 8.89. The fraction of sp³-hybridized carbons (Fsp3) is 0.889. The number of nitrogens with zero attached hydrogens (tertiary/aromatic N) is 1. The van der Waals surface area contributed by atoms with E-state index in [4.69, 9.17) is 4.74 Å². The highest BCUT2D eigenvalue weighted by Crippen LogP contribution is 2.62. The molecular formula is C18H31NO4. The van der Waals surface area contributed by atoms with Gasteiger partial charge in [-0.1, -0.05) is 27.2 Å². The largest absolute Gasteiger partial charge is 0.480 e. The first kappa shape index (κ1) is 18.1. The van der Waals surface area contributed by atoms with Gasteiger partial charge < -0.3 is 9.84 Å². The summed E-state index contributed by atoms with van der Waals surface area (Å²) >= 11 is 0. The number of likely N-dealkylation sites (tertiary alicyclic amines) is 1. The lowest BCUT2D eigenvalue weighted by Gasteiger charge is -2.56. The van der Waals surface area contributed by atoms with Crippen molar-refractivity contribution in [3.8, 4) is 0 Å². The van der Waals surface area contributed by atoms with E-state index in [2.05, 4.69) is 20.8 Å². The first-order valence-corrected chi connectivity index (χ1v) is 8.64. The summed E-state index contributed by atoms with van der Waals surface area (Å²) in [5.74, 6) is -0.452. The van der Waals surface area contributed by atoms with Gasteiger partial charge in [0.1, 0.15) is 11.6 Å². The molecule has 2 rings (SSSR count). The zero-order valence-corrected chi connectivity index (χ0v) is 15.3. The van der Waals surface area contributed by atoms with Crippen LogP contribution in [-0.4, -0.2) is 40.3 Å². The number of aliphatic carboxylic acids is 1. The Labute approximate surface area is 139 Å². The van der Waals surface area contributed by atoms with Crippen LogP contribution in [0.5, 0.6) is 0 Å². The van der Waals surface area contributed by atoms with Crippen LogP contribution in [0.15, 0.2) is 0 Å². The second kappa shape index (κ2) is 5.67. The van der Waals surface area contributed by atoms with Crippen molar-refractivity contribution in [2.24, 2.45) is 16.7 Å². The molecule has 2 aliphatic rings. The van der Waals surface area contributed by atoms with Crippen molar-refractivity contribution in [1.82, 2.24) is 4.90 Å². The minimum atomic E-state index is -0.933. The van der Waals surface area contributed by atoms with Gasteiger partial charge in [0.2, 0.25) is 0 Å². The zero-order chi connectivity index (χ0) is 17.6. The monoisotopic (exact) mass is 325 g/mol. The van der Waals surface area contributed by atoms with E-state index in [1.54, 1.807) is 20.8 Å². The van der Waals surface area contributed by atoms with Crippen molar-refractivity contribution in [2.45, 2.75) is 78.9 Å². The molecule has 1 N–H and O–H groups in total. The number of hydrogen-bond acceptors (Lipinski definition) is 3. The summed E-state index contributed by atoms with van der Waals surface area (Å²) in [6.07, 6.45) is 3.44. The van der Waals surface area contributed by atoms with Crippen LogP contribution in [0.4, 0.5) is 4.79 Å². The molecule has 0 aromatic rings. The molecule has 1 heterocycles. The van der Waals surface area contributed by atoms with Gasteiger partial charge in [0.25, 0.3) is 0 Å². The summed E-state index contributed by atoms with van der Waals surface area (Å²) in [5, 5.41) is 9.61. The Kier molecular flexibility index (Phi) is 4.46. The van der Waals surface area contributed by atoms with Crippen LogP contribution in [0.2, 0.25) is 0 Å². The predicted octanol–water partition coefficient (Wildman–Crippen LogP) is 3.91. The summed E-state index contributed by atoms with van der Waals surface area (Å²) in [6.45, 7) is 12.5.